The molecule has 1 aromatic rings. The quantitative estimate of drug-likeness (QED) is 0.792. The molecule has 3 nitrogen and oxygen atoms in total. The van der Waals surface area contributed by atoms with Gasteiger partial charge in [-0.15, -0.1) is 0 Å². The number of rotatable bonds is 7. The van der Waals surface area contributed by atoms with Gasteiger partial charge in [0.05, 0.1) is 12.7 Å². The van der Waals surface area contributed by atoms with Crippen molar-refractivity contribution in [2.45, 2.75) is 59.2 Å². The summed E-state index contributed by atoms with van der Waals surface area (Å²) in [5, 5.41) is 9.21. The maximum absolute atomic E-state index is 9.21. The van der Waals surface area contributed by atoms with Gasteiger partial charge in [0.15, 0.2) is 0 Å². The van der Waals surface area contributed by atoms with E-state index in [-0.39, 0.29) is 12.7 Å². The predicted octanol–water partition coefficient (Wildman–Crippen LogP) is 3.09. The number of aryl methyl sites for hydroxylation is 1. The van der Waals surface area contributed by atoms with Gasteiger partial charge in [-0.05, 0) is 31.4 Å². The Balaban J connectivity index is 2.79. The van der Waals surface area contributed by atoms with Crippen molar-refractivity contribution in [2.24, 2.45) is 0 Å². The van der Waals surface area contributed by atoms with Crippen LogP contribution in [0.2, 0.25) is 0 Å². The van der Waals surface area contributed by atoms with Gasteiger partial charge in [-0.25, -0.2) is 4.98 Å². The minimum atomic E-state index is 0.0394. The van der Waals surface area contributed by atoms with Crippen LogP contribution in [-0.2, 0) is 13.0 Å². The molecule has 1 aromatic heterocycles. The van der Waals surface area contributed by atoms with Crippen molar-refractivity contribution >= 4 is 0 Å². The average molecular weight is 237 g/mol. The van der Waals surface area contributed by atoms with Crippen LogP contribution < -0.4 is 4.74 Å². The Bertz CT molecular complexity index is 339. The van der Waals surface area contributed by atoms with Crippen molar-refractivity contribution in [1.29, 1.82) is 0 Å². The van der Waals surface area contributed by atoms with Crippen molar-refractivity contribution in [3.05, 3.63) is 23.4 Å². The molecule has 17 heavy (non-hydrogen) atoms. The fourth-order valence-electron chi connectivity index (χ4n) is 1.83. The molecule has 0 radical (unpaired) electrons. The van der Waals surface area contributed by atoms with E-state index >= 15 is 0 Å². The van der Waals surface area contributed by atoms with Crippen molar-refractivity contribution in [2.75, 3.05) is 0 Å². The summed E-state index contributed by atoms with van der Waals surface area (Å²) in [6, 6.07) is 3.77. The van der Waals surface area contributed by atoms with Gasteiger partial charge in [0.1, 0.15) is 0 Å². The third-order valence-electron chi connectivity index (χ3n) is 2.62. The zero-order valence-corrected chi connectivity index (χ0v) is 11.1. The van der Waals surface area contributed by atoms with E-state index in [1.165, 1.54) is 0 Å². The molecule has 1 rings (SSSR count). The Kier molecular flexibility index (Phi) is 5.98. The van der Waals surface area contributed by atoms with Crippen LogP contribution in [0.25, 0.3) is 0 Å². The van der Waals surface area contributed by atoms with Gasteiger partial charge in [-0.1, -0.05) is 26.7 Å². The Morgan fingerprint density at radius 3 is 2.65 bits per heavy atom. The summed E-state index contributed by atoms with van der Waals surface area (Å²) < 4.78 is 5.76. The number of hydrogen-bond donors (Lipinski definition) is 1. The molecular weight excluding hydrogens is 214 g/mol. The topological polar surface area (TPSA) is 42.4 Å². The smallest absolute Gasteiger partial charge is 0.214 e. The van der Waals surface area contributed by atoms with E-state index in [4.69, 9.17) is 4.74 Å². The molecule has 0 saturated carbocycles. The van der Waals surface area contributed by atoms with E-state index in [2.05, 4.69) is 25.8 Å². The Morgan fingerprint density at radius 1 is 1.29 bits per heavy atom. The lowest BCUT2D eigenvalue weighted by Crippen LogP contribution is -2.12. The SMILES string of the molecule is CCCc1cc(CO)cc(OC(C)CCC)n1. The lowest BCUT2D eigenvalue weighted by molar-refractivity contribution is 0.200. The molecule has 1 unspecified atom stereocenters. The highest BCUT2D eigenvalue weighted by Crippen LogP contribution is 2.16. The minimum absolute atomic E-state index is 0.0394. The molecule has 1 heterocycles. The van der Waals surface area contributed by atoms with Crippen LogP contribution >= 0.6 is 0 Å². The second kappa shape index (κ2) is 7.28. The summed E-state index contributed by atoms with van der Waals surface area (Å²) in [5.74, 6) is 0.640. The number of nitrogens with zero attached hydrogens (tertiary/aromatic N) is 1. The first-order valence-corrected chi connectivity index (χ1v) is 6.46. The van der Waals surface area contributed by atoms with Crippen LogP contribution in [0.15, 0.2) is 12.1 Å². The normalized spacial score (nSPS) is 12.5. The van der Waals surface area contributed by atoms with E-state index in [0.29, 0.717) is 5.88 Å². The second-order valence-corrected chi connectivity index (χ2v) is 4.43. The molecule has 0 fully saturated rings. The van der Waals surface area contributed by atoms with Gasteiger partial charge in [0.25, 0.3) is 0 Å². The van der Waals surface area contributed by atoms with Crippen molar-refractivity contribution < 1.29 is 9.84 Å². The van der Waals surface area contributed by atoms with E-state index in [1.54, 1.807) is 0 Å². The molecule has 96 valence electrons. The molecule has 1 N–H and O–H groups in total. The monoisotopic (exact) mass is 237 g/mol. The summed E-state index contributed by atoms with van der Waals surface area (Å²) in [4.78, 5) is 4.46. The highest BCUT2D eigenvalue weighted by molar-refractivity contribution is 5.25. The fraction of sp³-hybridized carbons (Fsp3) is 0.643. The van der Waals surface area contributed by atoms with Gasteiger partial charge in [-0.3, -0.25) is 0 Å². The van der Waals surface area contributed by atoms with E-state index in [0.717, 1.165) is 36.9 Å². The second-order valence-electron chi connectivity index (χ2n) is 4.43. The lowest BCUT2D eigenvalue weighted by Gasteiger charge is -2.14. The molecule has 0 amide bonds. The van der Waals surface area contributed by atoms with Crippen molar-refractivity contribution in [3.63, 3.8) is 0 Å². The number of aliphatic hydroxyl groups is 1. The lowest BCUT2D eigenvalue weighted by atomic mass is 10.1. The number of aromatic nitrogens is 1. The van der Waals surface area contributed by atoms with Gasteiger partial charge in [0, 0.05) is 11.8 Å². The summed E-state index contributed by atoms with van der Waals surface area (Å²) in [5.41, 5.74) is 1.87. The van der Waals surface area contributed by atoms with Crippen molar-refractivity contribution in [3.8, 4) is 5.88 Å². The van der Waals surface area contributed by atoms with Crippen molar-refractivity contribution in [1.82, 2.24) is 4.98 Å². The maximum atomic E-state index is 9.21. The zero-order valence-electron chi connectivity index (χ0n) is 11.1. The highest BCUT2D eigenvalue weighted by Gasteiger charge is 2.07. The first kappa shape index (κ1) is 14.0. The van der Waals surface area contributed by atoms with Gasteiger partial charge in [0.2, 0.25) is 5.88 Å². The molecule has 0 aliphatic heterocycles. The van der Waals surface area contributed by atoms with Gasteiger partial charge < -0.3 is 9.84 Å². The highest BCUT2D eigenvalue weighted by atomic mass is 16.5. The third kappa shape index (κ3) is 4.73. The summed E-state index contributed by atoms with van der Waals surface area (Å²) in [6.07, 6.45) is 4.27. The maximum Gasteiger partial charge on any atom is 0.214 e. The molecule has 0 aromatic carbocycles. The predicted molar refractivity (Wildman–Crippen MR) is 69.2 cm³/mol. The fourth-order valence-corrected chi connectivity index (χ4v) is 1.83. The van der Waals surface area contributed by atoms with Crippen LogP contribution in [0.3, 0.4) is 0 Å². The van der Waals surface area contributed by atoms with Crippen LogP contribution in [0, 0.1) is 0 Å². The van der Waals surface area contributed by atoms with Crippen LogP contribution in [0.1, 0.15) is 51.3 Å². The Labute approximate surface area is 104 Å². The molecule has 0 spiro atoms. The standard InChI is InChI=1S/C14H23NO2/c1-4-6-11(3)17-14-9-12(10-16)8-13(15-14)7-5-2/h8-9,11,16H,4-7,10H2,1-3H3. The van der Waals surface area contributed by atoms with Crippen LogP contribution in [0.5, 0.6) is 5.88 Å². The molecule has 0 bridgehead atoms. The number of aliphatic hydroxyl groups excluding tert-OH is 1. The first-order valence-electron chi connectivity index (χ1n) is 6.46. The Morgan fingerprint density at radius 2 is 2.06 bits per heavy atom. The molecular formula is C14H23NO2. The number of ether oxygens (including phenoxy) is 1. The molecule has 0 saturated heterocycles. The van der Waals surface area contributed by atoms with Gasteiger partial charge in [-0.2, -0.15) is 0 Å². The molecule has 3 heteroatoms. The molecule has 0 aliphatic carbocycles. The third-order valence-corrected chi connectivity index (χ3v) is 2.62. The van der Waals surface area contributed by atoms with E-state index < -0.39 is 0 Å². The van der Waals surface area contributed by atoms with E-state index in [9.17, 15) is 5.11 Å². The number of hydrogen-bond acceptors (Lipinski definition) is 3. The summed E-state index contributed by atoms with van der Waals surface area (Å²) in [6.45, 7) is 6.35. The molecule has 1 atom stereocenters. The average Bonchev–Trinajstić information content (AvgIpc) is 2.29. The Hall–Kier alpha value is -1.09. The molecule has 0 aliphatic rings. The zero-order chi connectivity index (χ0) is 12.7. The van der Waals surface area contributed by atoms with Crippen LogP contribution in [-0.4, -0.2) is 16.2 Å². The van der Waals surface area contributed by atoms with E-state index in [1.807, 2.05) is 12.1 Å². The number of pyridine rings is 1. The summed E-state index contributed by atoms with van der Waals surface area (Å²) in [7, 11) is 0. The first-order chi connectivity index (χ1) is 8.19. The largest absolute Gasteiger partial charge is 0.475 e. The van der Waals surface area contributed by atoms with Gasteiger partial charge >= 0.3 is 0 Å². The van der Waals surface area contributed by atoms with Crippen LogP contribution in [0.4, 0.5) is 0 Å². The minimum Gasteiger partial charge on any atom is -0.475 e. The summed E-state index contributed by atoms with van der Waals surface area (Å²) >= 11 is 0.